The number of nitrogens with two attached hydrogens (primary N) is 2. The zero-order chi connectivity index (χ0) is 14.2. The fraction of sp³-hybridized carbons (Fsp3) is 0.312. The third kappa shape index (κ3) is 4.74. The van der Waals surface area contributed by atoms with Crippen molar-refractivity contribution in [2.24, 2.45) is 11.5 Å². The van der Waals surface area contributed by atoms with Crippen molar-refractivity contribution in [3.63, 3.8) is 0 Å². The molecule has 106 valence electrons. The van der Waals surface area contributed by atoms with Gasteiger partial charge in [0.15, 0.2) is 0 Å². The van der Waals surface area contributed by atoms with Gasteiger partial charge in [-0.1, -0.05) is 30.3 Å². The lowest BCUT2D eigenvalue weighted by atomic mass is 10.0. The van der Waals surface area contributed by atoms with E-state index < -0.39 is 0 Å². The average molecular weight is 270 g/mol. The molecule has 5 N–H and O–H groups in total. The number of nitrogens with one attached hydrogen (secondary N) is 1. The quantitative estimate of drug-likeness (QED) is 0.706. The molecule has 1 atom stereocenters. The molecule has 1 heterocycles. The standard InChI is InChI=1S/C16H22N4/c17-10-15(18)9-13-4-6-14(7-5-13)11-19-12-16-3-1-2-8-20-16/h1-8,15,19H,9-12,17-18H2. The molecule has 0 saturated heterocycles. The van der Waals surface area contributed by atoms with Gasteiger partial charge in [-0.05, 0) is 29.7 Å². The van der Waals surface area contributed by atoms with E-state index in [4.69, 9.17) is 11.5 Å². The summed E-state index contributed by atoms with van der Waals surface area (Å²) < 4.78 is 0. The molecule has 2 aromatic rings. The minimum absolute atomic E-state index is 0.0446. The Kier molecular flexibility index (Phi) is 5.68. The smallest absolute Gasteiger partial charge is 0.0541 e. The van der Waals surface area contributed by atoms with Crippen LogP contribution in [0.3, 0.4) is 0 Å². The van der Waals surface area contributed by atoms with Crippen LogP contribution in [0.2, 0.25) is 0 Å². The molecule has 0 aliphatic rings. The van der Waals surface area contributed by atoms with Gasteiger partial charge < -0.3 is 16.8 Å². The Balaban J connectivity index is 1.79. The molecule has 4 nitrogen and oxygen atoms in total. The lowest BCUT2D eigenvalue weighted by Crippen LogP contribution is -2.31. The first-order chi connectivity index (χ1) is 9.78. The van der Waals surface area contributed by atoms with Gasteiger partial charge in [-0.2, -0.15) is 0 Å². The van der Waals surface area contributed by atoms with E-state index in [0.717, 1.165) is 25.2 Å². The van der Waals surface area contributed by atoms with Gasteiger partial charge in [0.2, 0.25) is 0 Å². The first kappa shape index (κ1) is 14.7. The molecular weight excluding hydrogens is 248 g/mol. The fourth-order valence-electron chi connectivity index (χ4n) is 2.02. The number of rotatable bonds is 7. The highest BCUT2D eigenvalue weighted by Crippen LogP contribution is 2.06. The number of nitrogens with zero attached hydrogens (tertiary/aromatic N) is 1. The highest BCUT2D eigenvalue weighted by Gasteiger charge is 2.01. The molecular formula is C16H22N4. The van der Waals surface area contributed by atoms with E-state index in [9.17, 15) is 0 Å². The maximum atomic E-state index is 5.84. The van der Waals surface area contributed by atoms with Crippen LogP contribution < -0.4 is 16.8 Å². The first-order valence-electron chi connectivity index (χ1n) is 6.92. The summed E-state index contributed by atoms with van der Waals surface area (Å²) in [6, 6.07) is 14.5. The molecule has 0 aliphatic heterocycles. The van der Waals surface area contributed by atoms with Crippen LogP contribution in [0.1, 0.15) is 16.8 Å². The molecule has 0 saturated carbocycles. The predicted molar refractivity (Wildman–Crippen MR) is 82.0 cm³/mol. The minimum atomic E-state index is 0.0446. The Bertz CT molecular complexity index is 496. The topological polar surface area (TPSA) is 77.0 Å². The van der Waals surface area contributed by atoms with E-state index in [1.165, 1.54) is 11.1 Å². The van der Waals surface area contributed by atoms with Crippen LogP contribution in [-0.2, 0) is 19.5 Å². The summed E-state index contributed by atoms with van der Waals surface area (Å²) in [4.78, 5) is 4.28. The SMILES string of the molecule is NCC(N)Cc1ccc(CNCc2ccccn2)cc1. The molecule has 0 spiro atoms. The van der Waals surface area contributed by atoms with Crippen molar-refractivity contribution in [3.05, 3.63) is 65.5 Å². The van der Waals surface area contributed by atoms with Crippen molar-refractivity contribution >= 4 is 0 Å². The zero-order valence-corrected chi connectivity index (χ0v) is 11.6. The molecule has 0 bridgehead atoms. The van der Waals surface area contributed by atoms with Crippen LogP contribution in [0, 0.1) is 0 Å². The Morgan fingerprint density at radius 2 is 1.75 bits per heavy atom. The molecule has 0 amide bonds. The van der Waals surface area contributed by atoms with Crippen LogP contribution >= 0.6 is 0 Å². The van der Waals surface area contributed by atoms with Crippen molar-refractivity contribution in [2.75, 3.05) is 6.54 Å². The van der Waals surface area contributed by atoms with Gasteiger partial charge in [0.25, 0.3) is 0 Å². The Morgan fingerprint density at radius 3 is 2.40 bits per heavy atom. The highest BCUT2D eigenvalue weighted by atomic mass is 14.9. The molecule has 0 radical (unpaired) electrons. The second kappa shape index (κ2) is 7.75. The van der Waals surface area contributed by atoms with Crippen LogP contribution in [0.15, 0.2) is 48.7 Å². The summed E-state index contributed by atoms with van der Waals surface area (Å²) in [5.74, 6) is 0. The van der Waals surface area contributed by atoms with Gasteiger partial charge >= 0.3 is 0 Å². The van der Waals surface area contributed by atoms with Crippen LogP contribution in [-0.4, -0.2) is 17.6 Å². The zero-order valence-electron chi connectivity index (χ0n) is 11.6. The van der Waals surface area contributed by atoms with Crippen LogP contribution in [0.5, 0.6) is 0 Å². The molecule has 1 aromatic carbocycles. The minimum Gasteiger partial charge on any atom is -0.329 e. The second-order valence-electron chi connectivity index (χ2n) is 4.94. The van der Waals surface area contributed by atoms with E-state index in [-0.39, 0.29) is 6.04 Å². The molecule has 1 unspecified atom stereocenters. The number of hydrogen-bond acceptors (Lipinski definition) is 4. The normalized spacial score (nSPS) is 12.3. The van der Waals surface area contributed by atoms with Crippen molar-refractivity contribution in [2.45, 2.75) is 25.6 Å². The van der Waals surface area contributed by atoms with Gasteiger partial charge in [0.1, 0.15) is 0 Å². The molecule has 20 heavy (non-hydrogen) atoms. The Morgan fingerprint density at radius 1 is 1.00 bits per heavy atom. The van der Waals surface area contributed by atoms with Crippen molar-refractivity contribution in [1.82, 2.24) is 10.3 Å². The summed E-state index contributed by atoms with van der Waals surface area (Å²) >= 11 is 0. The van der Waals surface area contributed by atoms with Gasteiger partial charge in [0, 0.05) is 31.9 Å². The maximum absolute atomic E-state index is 5.84. The van der Waals surface area contributed by atoms with E-state index in [1.807, 2.05) is 24.4 Å². The first-order valence-corrected chi connectivity index (χ1v) is 6.92. The Hall–Kier alpha value is -1.75. The lowest BCUT2D eigenvalue weighted by molar-refractivity contribution is 0.672. The lowest BCUT2D eigenvalue weighted by Gasteiger charge is -2.09. The van der Waals surface area contributed by atoms with Gasteiger partial charge in [0.05, 0.1) is 5.69 Å². The number of hydrogen-bond donors (Lipinski definition) is 3. The maximum Gasteiger partial charge on any atom is 0.0541 e. The second-order valence-corrected chi connectivity index (χ2v) is 4.94. The summed E-state index contributed by atoms with van der Waals surface area (Å²) in [6.45, 7) is 2.13. The van der Waals surface area contributed by atoms with Crippen molar-refractivity contribution in [3.8, 4) is 0 Å². The van der Waals surface area contributed by atoms with Crippen LogP contribution in [0.4, 0.5) is 0 Å². The molecule has 4 heteroatoms. The largest absolute Gasteiger partial charge is 0.329 e. The third-order valence-corrected chi connectivity index (χ3v) is 3.19. The van der Waals surface area contributed by atoms with Gasteiger partial charge in [-0.3, -0.25) is 4.98 Å². The van der Waals surface area contributed by atoms with E-state index in [1.54, 1.807) is 0 Å². The van der Waals surface area contributed by atoms with E-state index >= 15 is 0 Å². The van der Waals surface area contributed by atoms with Crippen molar-refractivity contribution in [1.29, 1.82) is 0 Å². The molecule has 2 rings (SSSR count). The summed E-state index contributed by atoms with van der Waals surface area (Å²) in [7, 11) is 0. The van der Waals surface area contributed by atoms with Gasteiger partial charge in [-0.15, -0.1) is 0 Å². The average Bonchev–Trinajstić information content (AvgIpc) is 2.50. The van der Waals surface area contributed by atoms with Crippen molar-refractivity contribution < 1.29 is 0 Å². The number of pyridine rings is 1. The fourth-order valence-corrected chi connectivity index (χ4v) is 2.02. The molecule has 1 aromatic heterocycles. The predicted octanol–water partition coefficient (Wildman–Crippen LogP) is 1.20. The molecule has 0 fully saturated rings. The third-order valence-electron chi connectivity index (χ3n) is 3.19. The van der Waals surface area contributed by atoms with Gasteiger partial charge in [-0.25, -0.2) is 0 Å². The summed E-state index contributed by atoms with van der Waals surface area (Å²) in [5, 5.41) is 3.38. The molecule has 0 aliphatic carbocycles. The number of aromatic nitrogens is 1. The monoisotopic (exact) mass is 270 g/mol. The van der Waals surface area contributed by atoms with E-state index in [2.05, 4.69) is 34.6 Å². The van der Waals surface area contributed by atoms with Crippen LogP contribution in [0.25, 0.3) is 0 Å². The Labute approximate surface area is 120 Å². The summed E-state index contributed by atoms with van der Waals surface area (Å²) in [5.41, 5.74) is 14.9. The number of benzene rings is 1. The summed E-state index contributed by atoms with van der Waals surface area (Å²) in [6.07, 6.45) is 2.64. The highest BCUT2D eigenvalue weighted by molar-refractivity contribution is 5.23. The van der Waals surface area contributed by atoms with E-state index in [0.29, 0.717) is 6.54 Å².